The quantitative estimate of drug-likeness (QED) is 0.667. The Morgan fingerprint density at radius 2 is 2.06 bits per heavy atom. The fourth-order valence-corrected chi connectivity index (χ4v) is 2.57. The number of hydrogen-bond acceptors (Lipinski definition) is 3. The second-order valence-corrected chi connectivity index (χ2v) is 5.15. The molecule has 2 aliphatic rings. The van der Waals surface area contributed by atoms with Gasteiger partial charge < -0.3 is 9.64 Å². The monoisotopic (exact) mass is 246 g/mol. The average molecular weight is 247 g/mol. The number of nitrogens with zero attached hydrogens (tertiary/aromatic N) is 2. The van der Waals surface area contributed by atoms with Crippen LogP contribution >= 0.6 is 11.6 Å². The molecular weight excluding hydrogens is 228 g/mol. The van der Waals surface area contributed by atoms with Crippen LogP contribution in [0.4, 0.5) is 0 Å². The Hall–Kier alpha value is -0.320. The number of carbonyl (C=O) groups excluding carboxylic acids is 1. The molecule has 5 heteroatoms. The molecule has 0 N–H and O–H groups in total. The lowest BCUT2D eigenvalue weighted by atomic mass is 10.2. The molecule has 2 fully saturated rings. The second kappa shape index (κ2) is 5.34. The lowest BCUT2D eigenvalue weighted by molar-refractivity contribution is -0.129. The Kier molecular flexibility index (Phi) is 4.05. The van der Waals surface area contributed by atoms with Gasteiger partial charge in [0.15, 0.2) is 0 Å². The molecule has 0 saturated carbocycles. The molecule has 2 saturated heterocycles. The van der Waals surface area contributed by atoms with Crippen molar-refractivity contribution < 1.29 is 9.53 Å². The summed E-state index contributed by atoms with van der Waals surface area (Å²) in [5.41, 5.74) is 0. The predicted octanol–water partition coefficient (Wildman–Crippen LogP) is 0.547. The van der Waals surface area contributed by atoms with E-state index in [1.54, 1.807) is 6.92 Å². The third-order valence-corrected chi connectivity index (χ3v) is 3.56. The summed E-state index contributed by atoms with van der Waals surface area (Å²) in [6, 6.07) is 0.503. The SMILES string of the molecule is CC(Cl)C(=O)N1CCC(N2CCOCC2)C1. The van der Waals surface area contributed by atoms with Gasteiger partial charge in [-0.05, 0) is 13.3 Å². The summed E-state index contributed by atoms with van der Waals surface area (Å²) in [6.45, 7) is 7.03. The summed E-state index contributed by atoms with van der Waals surface area (Å²) in [4.78, 5) is 16.0. The van der Waals surface area contributed by atoms with Crippen molar-refractivity contribution in [3.05, 3.63) is 0 Å². The van der Waals surface area contributed by atoms with Crippen LogP contribution in [0.15, 0.2) is 0 Å². The Morgan fingerprint density at radius 3 is 2.69 bits per heavy atom. The molecule has 2 aliphatic heterocycles. The minimum absolute atomic E-state index is 0.0671. The van der Waals surface area contributed by atoms with E-state index < -0.39 is 5.38 Å². The molecule has 0 spiro atoms. The standard InChI is InChI=1S/C11H19ClN2O2/c1-9(12)11(15)14-3-2-10(8-14)13-4-6-16-7-5-13/h9-10H,2-8H2,1H3. The van der Waals surface area contributed by atoms with Gasteiger partial charge in [-0.25, -0.2) is 0 Å². The Labute approximate surface area is 101 Å². The fourth-order valence-electron chi connectivity index (χ4n) is 2.43. The molecule has 2 rings (SSSR count). The van der Waals surface area contributed by atoms with Crippen LogP contribution in [0.1, 0.15) is 13.3 Å². The number of morpholine rings is 1. The predicted molar refractivity (Wildman–Crippen MR) is 62.7 cm³/mol. The van der Waals surface area contributed by atoms with Gasteiger partial charge in [-0.15, -0.1) is 11.6 Å². The first-order chi connectivity index (χ1) is 7.68. The molecular formula is C11H19ClN2O2. The van der Waals surface area contributed by atoms with E-state index in [0.29, 0.717) is 6.04 Å². The van der Waals surface area contributed by atoms with Gasteiger partial charge in [0.1, 0.15) is 5.38 Å². The highest BCUT2D eigenvalue weighted by molar-refractivity contribution is 6.30. The third kappa shape index (κ3) is 2.67. The number of likely N-dealkylation sites (tertiary alicyclic amines) is 1. The van der Waals surface area contributed by atoms with E-state index >= 15 is 0 Å². The van der Waals surface area contributed by atoms with Crippen molar-refractivity contribution in [1.82, 2.24) is 9.80 Å². The van der Waals surface area contributed by atoms with E-state index in [1.807, 2.05) is 4.90 Å². The van der Waals surface area contributed by atoms with Gasteiger partial charge in [-0.3, -0.25) is 9.69 Å². The van der Waals surface area contributed by atoms with Crippen molar-refractivity contribution in [3.63, 3.8) is 0 Å². The zero-order valence-electron chi connectivity index (χ0n) is 9.69. The molecule has 0 radical (unpaired) electrons. The molecule has 0 aromatic carbocycles. The van der Waals surface area contributed by atoms with Gasteiger partial charge in [-0.2, -0.15) is 0 Å². The number of amides is 1. The van der Waals surface area contributed by atoms with Crippen LogP contribution in [0.25, 0.3) is 0 Å². The first kappa shape index (κ1) is 12.1. The maximum absolute atomic E-state index is 11.7. The van der Waals surface area contributed by atoms with E-state index in [4.69, 9.17) is 16.3 Å². The summed E-state index contributed by atoms with van der Waals surface area (Å²) < 4.78 is 5.33. The van der Waals surface area contributed by atoms with Crippen molar-refractivity contribution >= 4 is 17.5 Å². The van der Waals surface area contributed by atoms with Crippen LogP contribution in [0.2, 0.25) is 0 Å². The molecule has 2 unspecified atom stereocenters. The number of ether oxygens (including phenoxy) is 1. The number of rotatable bonds is 2. The molecule has 0 aromatic rings. The van der Waals surface area contributed by atoms with Gasteiger partial charge in [0.25, 0.3) is 0 Å². The summed E-state index contributed by atoms with van der Waals surface area (Å²) in [5, 5.41) is -0.400. The molecule has 2 heterocycles. The topological polar surface area (TPSA) is 32.8 Å². The van der Waals surface area contributed by atoms with Crippen LogP contribution in [-0.4, -0.2) is 66.5 Å². The molecule has 92 valence electrons. The van der Waals surface area contributed by atoms with Crippen molar-refractivity contribution in [3.8, 4) is 0 Å². The smallest absolute Gasteiger partial charge is 0.240 e. The lowest BCUT2D eigenvalue weighted by Crippen LogP contribution is -2.45. The Morgan fingerprint density at radius 1 is 1.38 bits per heavy atom. The number of alkyl halides is 1. The average Bonchev–Trinajstić information content (AvgIpc) is 2.78. The van der Waals surface area contributed by atoms with E-state index in [2.05, 4.69) is 4.90 Å². The third-order valence-electron chi connectivity index (χ3n) is 3.38. The Balaban J connectivity index is 1.85. The largest absolute Gasteiger partial charge is 0.379 e. The van der Waals surface area contributed by atoms with Gasteiger partial charge in [0.05, 0.1) is 13.2 Å². The minimum atomic E-state index is -0.400. The van der Waals surface area contributed by atoms with Crippen molar-refractivity contribution in [1.29, 1.82) is 0 Å². The van der Waals surface area contributed by atoms with E-state index in [0.717, 1.165) is 45.8 Å². The highest BCUT2D eigenvalue weighted by Crippen LogP contribution is 2.18. The fraction of sp³-hybridized carbons (Fsp3) is 0.909. The maximum atomic E-state index is 11.7. The number of carbonyl (C=O) groups is 1. The molecule has 4 nitrogen and oxygen atoms in total. The Bertz CT molecular complexity index is 254. The van der Waals surface area contributed by atoms with Gasteiger partial charge in [-0.1, -0.05) is 0 Å². The summed E-state index contributed by atoms with van der Waals surface area (Å²) >= 11 is 5.82. The van der Waals surface area contributed by atoms with Crippen LogP contribution in [0, 0.1) is 0 Å². The van der Waals surface area contributed by atoms with Crippen LogP contribution in [0.3, 0.4) is 0 Å². The first-order valence-corrected chi connectivity index (χ1v) is 6.37. The minimum Gasteiger partial charge on any atom is -0.379 e. The summed E-state index contributed by atoms with van der Waals surface area (Å²) in [7, 11) is 0. The van der Waals surface area contributed by atoms with Gasteiger partial charge >= 0.3 is 0 Å². The normalized spacial score (nSPS) is 29.4. The highest BCUT2D eigenvalue weighted by atomic mass is 35.5. The van der Waals surface area contributed by atoms with E-state index in [1.165, 1.54) is 0 Å². The van der Waals surface area contributed by atoms with Crippen LogP contribution in [-0.2, 0) is 9.53 Å². The first-order valence-electron chi connectivity index (χ1n) is 5.93. The van der Waals surface area contributed by atoms with Crippen LogP contribution in [0.5, 0.6) is 0 Å². The number of halogens is 1. The molecule has 0 aliphatic carbocycles. The molecule has 0 aromatic heterocycles. The molecule has 1 amide bonds. The summed E-state index contributed by atoms with van der Waals surface area (Å²) in [5.74, 6) is 0.0671. The lowest BCUT2D eigenvalue weighted by Gasteiger charge is -2.32. The number of hydrogen-bond donors (Lipinski definition) is 0. The molecule has 0 bridgehead atoms. The zero-order valence-corrected chi connectivity index (χ0v) is 10.4. The van der Waals surface area contributed by atoms with Gasteiger partial charge in [0.2, 0.25) is 5.91 Å². The van der Waals surface area contributed by atoms with Crippen molar-refractivity contribution in [2.45, 2.75) is 24.8 Å². The van der Waals surface area contributed by atoms with Crippen molar-refractivity contribution in [2.75, 3.05) is 39.4 Å². The summed E-state index contributed by atoms with van der Waals surface area (Å²) in [6.07, 6.45) is 1.06. The van der Waals surface area contributed by atoms with E-state index in [9.17, 15) is 4.79 Å². The molecule has 16 heavy (non-hydrogen) atoms. The van der Waals surface area contributed by atoms with Gasteiger partial charge in [0, 0.05) is 32.2 Å². The maximum Gasteiger partial charge on any atom is 0.240 e. The highest BCUT2D eigenvalue weighted by Gasteiger charge is 2.32. The van der Waals surface area contributed by atoms with Crippen molar-refractivity contribution in [2.24, 2.45) is 0 Å². The second-order valence-electron chi connectivity index (χ2n) is 4.49. The molecule has 2 atom stereocenters. The zero-order chi connectivity index (χ0) is 11.5. The van der Waals surface area contributed by atoms with Crippen LogP contribution < -0.4 is 0 Å². The van der Waals surface area contributed by atoms with E-state index in [-0.39, 0.29) is 5.91 Å².